The molecule has 0 aromatic rings. The average molecular weight is 298 g/mol. The molecule has 2 fully saturated rings. The Morgan fingerprint density at radius 3 is 2.45 bits per heavy atom. The molecule has 1 aliphatic heterocycles. The first-order chi connectivity index (χ1) is 9.56. The van der Waals surface area contributed by atoms with E-state index in [1.807, 2.05) is 13.2 Å². The second-order valence-electron chi connectivity index (χ2n) is 5.59. The standard InChI is InChI=1S/C14H22N2O3S/c1-3-10(9-20-2)16-12(18)14(7-5-4-6-8-14)11(17)15-13(16)19/h10H,3-9H2,1-2H3,(H,15,17,19). The van der Waals surface area contributed by atoms with Gasteiger partial charge >= 0.3 is 6.03 Å². The average Bonchev–Trinajstić information content (AvgIpc) is 2.45. The van der Waals surface area contributed by atoms with Crippen LogP contribution in [0.3, 0.4) is 0 Å². The minimum atomic E-state index is -0.988. The summed E-state index contributed by atoms with van der Waals surface area (Å²) in [5.74, 6) is 0.0502. The van der Waals surface area contributed by atoms with Gasteiger partial charge in [-0.3, -0.25) is 19.8 Å². The minimum Gasteiger partial charge on any atom is -0.277 e. The highest BCUT2D eigenvalue weighted by molar-refractivity contribution is 7.98. The van der Waals surface area contributed by atoms with Crippen molar-refractivity contribution in [3.63, 3.8) is 0 Å². The fourth-order valence-corrected chi connectivity index (χ4v) is 3.96. The first-order valence-corrected chi connectivity index (χ1v) is 8.64. The van der Waals surface area contributed by atoms with Crippen LogP contribution in [0, 0.1) is 5.41 Å². The Morgan fingerprint density at radius 2 is 1.90 bits per heavy atom. The molecule has 20 heavy (non-hydrogen) atoms. The summed E-state index contributed by atoms with van der Waals surface area (Å²) in [5, 5.41) is 2.41. The van der Waals surface area contributed by atoms with E-state index in [1.165, 1.54) is 4.90 Å². The first-order valence-electron chi connectivity index (χ1n) is 7.25. The van der Waals surface area contributed by atoms with Gasteiger partial charge in [-0.25, -0.2) is 4.79 Å². The smallest absolute Gasteiger partial charge is 0.277 e. The van der Waals surface area contributed by atoms with Crippen LogP contribution in [0.1, 0.15) is 45.4 Å². The number of imide groups is 2. The Balaban J connectivity index is 2.30. The summed E-state index contributed by atoms with van der Waals surface area (Å²) >= 11 is 1.61. The zero-order chi connectivity index (χ0) is 14.8. The first kappa shape index (κ1) is 15.4. The number of hydrogen-bond donors (Lipinski definition) is 1. The molecule has 2 rings (SSSR count). The van der Waals surface area contributed by atoms with Crippen LogP contribution in [0.5, 0.6) is 0 Å². The van der Waals surface area contributed by atoms with E-state index in [2.05, 4.69) is 5.32 Å². The number of urea groups is 1. The van der Waals surface area contributed by atoms with Crippen LogP contribution >= 0.6 is 11.8 Å². The molecule has 1 heterocycles. The summed E-state index contributed by atoms with van der Waals surface area (Å²) in [5.41, 5.74) is -0.988. The molecule has 0 radical (unpaired) electrons. The highest BCUT2D eigenvalue weighted by Gasteiger charge is 2.54. The predicted octanol–water partition coefficient (Wildman–Crippen LogP) is 2.16. The quantitative estimate of drug-likeness (QED) is 0.808. The molecule has 1 N–H and O–H groups in total. The molecule has 0 aromatic heterocycles. The summed E-state index contributed by atoms with van der Waals surface area (Å²) < 4.78 is 0. The third-order valence-electron chi connectivity index (χ3n) is 4.40. The lowest BCUT2D eigenvalue weighted by Gasteiger charge is -2.43. The molecule has 1 saturated carbocycles. The molecule has 1 aliphatic carbocycles. The zero-order valence-electron chi connectivity index (χ0n) is 12.1. The Labute approximate surface area is 123 Å². The van der Waals surface area contributed by atoms with Gasteiger partial charge in [0.15, 0.2) is 0 Å². The number of nitrogens with one attached hydrogen (secondary N) is 1. The molecule has 112 valence electrons. The molecule has 1 spiro atoms. The number of barbiturate groups is 1. The van der Waals surface area contributed by atoms with Crippen LogP contribution in [0.4, 0.5) is 4.79 Å². The van der Waals surface area contributed by atoms with Gasteiger partial charge in [-0.05, 0) is 25.5 Å². The van der Waals surface area contributed by atoms with E-state index in [1.54, 1.807) is 11.8 Å². The fraction of sp³-hybridized carbons (Fsp3) is 0.786. The molecular weight excluding hydrogens is 276 g/mol. The van der Waals surface area contributed by atoms with Gasteiger partial charge in [-0.2, -0.15) is 11.8 Å². The lowest BCUT2D eigenvalue weighted by Crippen LogP contribution is -2.66. The van der Waals surface area contributed by atoms with Gasteiger partial charge < -0.3 is 0 Å². The van der Waals surface area contributed by atoms with E-state index in [9.17, 15) is 14.4 Å². The van der Waals surface area contributed by atoms with Gasteiger partial charge in [-0.1, -0.05) is 26.2 Å². The maximum Gasteiger partial charge on any atom is 0.331 e. The van der Waals surface area contributed by atoms with Crippen molar-refractivity contribution in [1.29, 1.82) is 0 Å². The fourth-order valence-electron chi connectivity index (χ4n) is 3.19. The van der Waals surface area contributed by atoms with Gasteiger partial charge in [0, 0.05) is 5.75 Å². The van der Waals surface area contributed by atoms with Crippen molar-refractivity contribution in [2.75, 3.05) is 12.0 Å². The van der Waals surface area contributed by atoms with Crippen molar-refractivity contribution in [1.82, 2.24) is 10.2 Å². The maximum absolute atomic E-state index is 12.8. The third-order valence-corrected chi connectivity index (χ3v) is 5.12. The molecule has 0 aromatic carbocycles. The van der Waals surface area contributed by atoms with E-state index < -0.39 is 11.4 Å². The zero-order valence-corrected chi connectivity index (χ0v) is 12.9. The molecule has 1 atom stereocenters. The van der Waals surface area contributed by atoms with Crippen LogP contribution in [-0.2, 0) is 9.59 Å². The molecule has 4 amide bonds. The van der Waals surface area contributed by atoms with Crippen molar-refractivity contribution in [2.24, 2.45) is 5.41 Å². The number of thioether (sulfide) groups is 1. The van der Waals surface area contributed by atoms with Crippen molar-refractivity contribution in [3.8, 4) is 0 Å². The van der Waals surface area contributed by atoms with Crippen molar-refractivity contribution in [2.45, 2.75) is 51.5 Å². The number of nitrogens with zero attached hydrogens (tertiary/aromatic N) is 1. The Bertz CT molecular complexity index is 419. The number of amides is 4. The number of hydrogen-bond acceptors (Lipinski definition) is 4. The summed E-state index contributed by atoms with van der Waals surface area (Å²) in [4.78, 5) is 38.4. The molecule has 1 unspecified atom stereocenters. The van der Waals surface area contributed by atoms with E-state index >= 15 is 0 Å². The second-order valence-corrected chi connectivity index (χ2v) is 6.51. The number of rotatable bonds is 4. The highest BCUT2D eigenvalue weighted by Crippen LogP contribution is 2.40. The lowest BCUT2D eigenvalue weighted by molar-refractivity contribution is -0.155. The maximum atomic E-state index is 12.8. The van der Waals surface area contributed by atoms with Crippen molar-refractivity contribution in [3.05, 3.63) is 0 Å². The minimum absolute atomic E-state index is 0.135. The molecule has 0 bridgehead atoms. The summed E-state index contributed by atoms with van der Waals surface area (Å²) in [6, 6.07) is -0.679. The largest absolute Gasteiger partial charge is 0.331 e. The van der Waals surface area contributed by atoms with Crippen molar-refractivity contribution < 1.29 is 14.4 Å². The van der Waals surface area contributed by atoms with E-state index in [-0.39, 0.29) is 17.9 Å². The Kier molecular flexibility index (Phi) is 4.73. The monoisotopic (exact) mass is 298 g/mol. The molecule has 2 aliphatic rings. The third kappa shape index (κ3) is 2.45. The Morgan fingerprint density at radius 1 is 1.25 bits per heavy atom. The lowest BCUT2D eigenvalue weighted by atomic mass is 9.71. The van der Waals surface area contributed by atoms with Gasteiger partial charge in [0.05, 0.1) is 6.04 Å². The van der Waals surface area contributed by atoms with E-state index in [4.69, 9.17) is 0 Å². The van der Waals surface area contributed by atoms with Crippen LogP contribution in [0.25, 0.3) is 0 Å². The highest BCUT2D eigenvalue weighted by atomic mass is 32.2. The molecule has 1 saturated heterocycles. The van der Waals surface area contributed by atoms with Crippen LogP contribution in [0.15, 0.2) is 0 Å². The van der Waals surface area contributed by atoms with Gasteiger partial charge in [0.2, 0.25) is 11.8 Å². The number of carbonyl (C=O) groups is 3. The van der Waals surface area contributed by atoms with E-state index in [0.29, 0.717) is 25.0 Å². The molecule has 5 nitrogen and oxygen atoms in total. The predicted molar refractivity (Wildman–Crippen MR) is 78.4 cm³/mol. The topological polar surface area (TPSA) is 66.5 Å². The second kappa shape index (κ2) is 6.16. The van der Waals surface area contributed by atoms with Gasteiger partial charge in [-0.15, -0.1) is 0 Å². The number of carbonyl (C=O) groups excluding carboxylic acids is 3. The SMILES string of the molecule is CCC(CSC)N1C(=O)NC(=O)C2(CCCCC2)C1=O. The van der Waals surface area contributed by atoms with Crippen LogP contribution < -0.4 is 5.32 Å². The Hall–Kier alpha value is -1.04. The molecular formula is C14H22N2O3S. The van der Waals surface area contributed by atoms with Crippen molar-refractivity contribution >= 4 is 29.6 Å². The summed E-state index contributed by atoms with van der Waals surface area (Å²) in [7, 11) is 0. The van der Waals surface area contributed by atoms with Crippen LogP contribution in [-0.4, -0.2) is 40.8 Å². The normalized spacial score (nSPS) is 23.9. The van der Waals surface area contributed by atoms with E-state index in [0.717, 1.165) is 19.3 Å². The summed E-state index contributed by atoms with van der Waals surface area (Å²) in [6.45, 7) is 1.96. The molecule has 6 heteroatoms. The van der Waals surface area contributed by atoms with Crippen LogP contribution in [0.2, 0.25) is 0 Å². The van der Waals surface area contributed by atoms with Gasteiger partial charge in [0.25, 0.3) is 0 Å². The summed E-state index contributed by atoms with van der Waals surface area (Å²) in [6.07, 6.45) is 6.61. The van der Waals surface area contributed by atoms with Gasteiger partial charge in [0.1, 0.15) is 5.41 Å².